The van der Waals surface area contributed by atoms with Crippen LogP contribution in [0.1, 0.15) is 16.3 Å². The molecule has 6 nitrogen and oxygen atoms in total. The molecule has 9 heteroatoms. The zero-order valence-corrected chi connectivity index (χ0v) is 18.7. The van der Waals surface area contributed by atoms with Crippen LogP contribution in [-0.2, 0) is 6.61 Å². The summed E-state index contributed by atoms with van der Waals surface area (Å²) in [5.74, 6) is 1.15. The van der Waals surface area contributed by atoms with E-state index < -0.39 is 5.91 Å². The molecule has 0 aliphatic rings. The second kappa shape index (κ2) is 9.58. The molecule has 3 N–H and O–H groups in total. The molecule has 0 aliphatic carbocycles. The molecule has 2 aromatic carbocycles. The summed E-state index contributed by atoms with van der Waals surface area (Å²) in [6.45, 7) is -0.173. The van der Waals surface area contributed by atoms with E-state index in [2.05, 4.69) is 10.6 Å². The molecule has 0 atom stereocenters. The number of halogens is 2. The second-order valence-electron chi connectivity index (χ2n) is 6.71. The van der Waals surface area contributed by atoms with E-state index in [4.69, 9.17) is 49.4 Å². The molecule has 0 saturated heterocycles. The van der Waals surface area contributed by atoms with Crippen molar-refractivity contribution in [3.05, 3.63) is 88.3 Å². The van der Waals surface area contributed by atoms with Gasteiger partial charge in [-0.05, 0) is 66.8 Å². The van der Waals surface area contributed by atoms with Gasteiger partial charge in [0.25, 0.3) is 5.91 Å². The van der Waals surface area contributed by atoms with Gasteiger partial charge in [-0.15, -0.1) is 0 Å². The zero-order chi connectivity index (χ0) is 22.7. The molecule has 0 spiro atoms. The fraction of sp³-hybridized carbons (Fsp3) is 0.0435. The maximum atomic E-state index is 12.5. The van der Waals surface area contributed by atoms with Gasteiger partial charge in [-0.1, -0.05) is 35.3 Å². The Morgan fingerprint density at radius 1 is 0.906 bits per heavy atom. The lowest BCUT2D eigenvalue weighted by atomic mass is 10.1. The van der Waals surface area contributed by atoms with Crippen molar-refractivity contribution in [3.8, 4) is 22.6 Å². The van der Waals surface area contributed by atoms with E-state index in [9.17, 15) is 4.79 Å². The van der Waals surface area contributed by atoms with E-state index in [0.29, 0.717) is 38.6 Å². The van der Waals surface area contributed by atoms with Crippen LogP contribution in [0.5, 0.6) is 0 Å². The number of amides is 1. The summed E-state index contributed by atoms with van der Waals surface area (Å²) in [7, 11) is 0. The molecule has 4 aromatic rings. The molecule has 0 unspecified atom stereocenters. The van der Waals surface area contributed by atoms with E-state index in [1.54, 1.807) is 48.5 Å². The predicted octanol–water partition coefficient (Wildman–Crippen LogP) is 6.13. The van der Waals surface area contributed by atoms with Gasteiger partial charge in [0.15, 0.2) is 10.9 Å². The fourth-order valence-corrected chi connectivity index (χ4v) is 3.47. The van der Waals surface area contributed by atoms with Crippen LogP contribution in [0.25, 0.3) is 22.6 Å². The summed E-state index contributed by atoms with van der Waals surface area (Å²) < 4.78 is 11.2. The maximum absolute atomic E-state index is 12.5. The standard InChI is InChI=1S/C23H16Cl2N2O4S/c24-17-6-4-14(11-18(17)25)20-8-9-21(31-20)22(29)27-23(32)26-15-3-1-2-13(10-15)19-7-5-16(12-28)30-19/h1-11,28H,12H2,(H2,26,27,29,32). The number of furan rings is 2. The van der Waals surface area contributed by atoms with Gasteiger partial charge in [-0.3, -0.25) is 10.1 Å². The van der Waals surface area contributed by atoms with Crippen LogP contribution >= 0.6 is 35.4 Å². The average Bonchev–Trinajstić information content (AvgIpc) is 3.46. The third kappa shape index (κ3) is 5.03. The SMILES string of the molecule is O=C(NC(=S)Nc1cccc(-c2ccc(CO)o2)c1)c1ccc(-c2ccc(Cl)c(Cl)c2)o1. The number of nitrogens with one attached hydrogen (secondary N) is 2. The van der Waals surface area contributed by atoms with E-state index in [1.165, 1.54) is 0 Å². The van der Waals surface area contributed by atoms with Gasteiger partial charge in [0.2, 0.25) is 0 Å². The summed E-state index contributed by atoms with van der Waals surface area (Å²) >= 11 is 17.2. The van der Waals surface area contributed by atoms with Crippen LogP contribution in [0.15, 0.2) is 75.6 Å². The molecule has 1 amide bonds. The molecule has 32 heavy (non-hydrogen) atoms. The van der Waals surface area contributed by atoms with E-state index >= 15 is 0 Å². The third-order valence-corrected chi connectivity index (χ3v) is 5.43. The first-order chi connectivity index (χ1) is 15.4. The summed E-state index contributed by atoms with van der Waals surface area (Å²) in [5.41, 5.74) is 2.14. The van der Waals surface area contributed by atoms with Gasteiger partial charge in [0, 0.05) is 16.8 Å². The number of thiocarbonyl (C=S) groups is 1. The average molecular weight is 487 g/mol. The van der Waals surface area contributed by atoms with Gasteiger partial charge in [0.1, 0.15) is 23.9 Å². The molecule has 162 valence electrons. The largest absolute Gasteiger partial charge is 0.459 e. The first-order valence-electron chi connectivity index (χ1n) is 9.40. The van der Waals surface area contributed by atoms with Gasteiger partial charge >= 0.3 is 0 Å². The monoisotopic (exact) mass is 486 g/mol. The highest BCUT2D eigenvalue weighted by atomic mass is 35.5. The van der Waals surface area contributed by atoms with E-state index in [1.807, 2.05) is 18.2 Å². The summed E-state index contributed by atoms with van der Waals surface area (Å²) in [4.78, 5) is 12.5. The molecule has 0 radical (unpaired) electrons. The number of aliphatic hydroxyl groups excluding tert-OH is 1. The Morgan fingerprint density at radius 2 is 1.66 bits per heavy atom. The lowest BCUT2D eigenvalue weighted by Crippen LogP contribution is -2.33. The van der Waals surface area contributed by atoms with Crippen molar-refractivity contribution in [1.29, 1.82) is 0 Å². The predicted molar refractivity (Wildman–Crippen MR) is 128 cm³/mol. The quantitative estimate of drug-likeness (QED) is 0.294. The third-order valence-electron chi connectivity index (χ3n) is 4.48. The lowest BCUT2D eigenvalue weighted by Gasteiger charge is -2.09. The van der Waals surface area contributed by atoms with Crippen molar-refractivity contribution in [3.63, 3.8) is 0 Å². The van der Waals surface area contributed by atoms with Crippen LogP contribution in [-0.4, -0.2) is 16.1 Å². The number of hydrogen-bond donors (Lipinski definition) is 3. The molecule has 0 fully saturated rings. The van der Waals surface area contributed by atoms with E-state index in [-0.39, 0.29) is 17.5 Å². The Kier molecular flexibility index (Phi) is 6.62. The van der Waals surface area contributed by atoms with Gasteiger partial charge in [0.05, 0.1) is 10.0 Å². The molecule has 2 heterocycles. The molecule has 0 aliphatic heterocycles. The molecule has 0 bridgehead atoms. The summed E-state index contributed by atoms with van der Waals surface area (Å²) in [6, 6.07) is 19.0. The van der Waals surface area contributed by atoms with Gasteiger partial charge in [-0.25, -0.2) is 0 Å². The summed E-state index contributed by atoms with van der Waals surface area (Å²) in [5, 5.41) is 15.6. The van der Waals surface area contributed by atoms with Crippen LogP contribution < -0.4 is 10.6 Å². The Hall–Kier alpha value is -3.10. The molecular weight excluding hydrogens is 471 g/mol. The zero-order valence-electron chi connectivity index (χ0n) is 16.4. The first-order valence-corrected chi connectivity index (χ1v) is 10.6. The highest BCUT2D eigenvalue weighted by molar-refractivity contribution is 7.80. The number of anilines is 1. The highest BCUT2D eigenvalue weighted by Gasteiger charge is 2.15. The Labute approximate surface area is 198 Å². The van der Waals surface area contributed by atoms with Crippen LogP contribution in [0.2, 0.25) is 10.0 Å². The maximum Gasteiger partial charge on any atom is 0.293 e. The number of benzene rings is 2. The van der Waals surface area contributed by atoms with Crippen molar-refractivity contribution < 1.29 is 18.7 Å². The molecule has 2 aromatic heterocycles. The summed E-state index contributed by atoms with van der Waals surface area (Å²) in [6.07, 6.45) is 0. The van der Waals surface area contributed by atoms with Crippen LogP contribution in [0.4, 0.5) is 5.69 Å². The number of aliphatic hydroxyl groups is 1. The Bertz CT molecular complexity index is 1300. The second-order valence-corrected chi connectivity index (χ2v) is 7.93. The Balaban J connectivity index is 1.41. The normalized spacial score (nSPS) is 10.7. The number of carbonyl (C=O) groups is 1. The van der Waals surface area contributed by atoms with Crippen molar-refractivity contribution in [2.75, 3.05) is 5.32 Å². The van der Waals surface area contributed by atoms with Crippen LogP contribution in [0, 0.1) is 0 Å². The smallest absolute Gasteiger partial charge is 0.293 e. The molecule has 4 rings (SSSR count). The van der Waals surface area contributed by atoms with Crippen LogP contribution in [0.3, 0.4) is 0 Å². The van der Waals surface area contributed by atoms with Crippen molar-refractivity contribution in [2.45, 2.75) is 6.61 Å². The number of rotatable bonds is 5. The van der Waals surface area contributed by atoms with E-state index in [0.717, 1.165) is 5.56 Å². The van der Waals surface area contributed by atoms with Gasteiger partial charge < -0.3 is 19.3 Å². The topological polar surface area (TPSA) is 87.6 Å². The fourth-order valence-electron chi connectivity index (χ4n) is 2.96. The number of carbonyl (C=O) groups excluding carboxylic acids is 1. The Morgan fingerprint density at radius 3 is 2.41 bits per heavy atom. The first kappa shape index (κ1) is 22.1. The molecule has 0 saturated carbocycles. The van der Waals surface area contributed by atoms with Crippen molar-refractivity contribution in [2.24, 2.45) is 0 Å². The lowest BCUT2D eigenvalue weighted by molar-refractivity contribution is 0.0951. The van der Waals surface area contributed by atoms with Gasteiger partial charge in [-0.2, -0.15) is 0 Å². The highest BCUT2D eigenvalue weighted by Crippen LogP contribution is 2.29. The minimum Gasteiger partial charge on any atom is -0.459 e. The number of hydrogen-bond acceptors (Lipinski definition) is 5. The van der Waals surface area contributed by atoms with Crippen molar-refractivity contribution >= 4 is 52.1 Å². The molecular formula is C23H16Cl2N2O4S. The van der Waals surface area contributed by atoms with Crippen molar-refractivity contribution in [1.82, 2.24) is 5.32 Å². The minimum atomic E-state index is -0.497. The minimum absolute atomic E-state index is 0.0936.